The number of aromatic nitrogens is 2. The number of benzene rings is 5. The Morgan fingerprint density at radius 1 is 0.622 bits per heavy atom. The Morgan fingerprint density at radius 3 is 2.00 bits per heavy atom. The van der Waals surface area contributed by atoms with Gasteiger partial charge in [-0.2, -0.15) is 0 Å². The highest BCUT2D eigenvalue weighted by atomic mass is 16.1. The van der Waals surface area contributed by atoms with Crippen molar-refractivity contribution in [1.29, 1.82) is 0 Å². The molecule has 176 valence electrons. The van der Waals surface area contributed by atoms with Gasteiger partial charge in [-0.15, -0.1) is 0 Å². The van der Waals surface area contributed by atoms with E-state index in [0.717, 1.165) is 50.8 Å². The maximum absolute atomic E-state index is 13.8. The predicted molar refractivity (Wildman–Crippen MR) is 153 cm³/mol. The second kappa shape index (κ2) is 7.31. The summed E-state index contributed by atoms with van der Waals surface area (Å²) in [6.45, 7) is 3.06. The van der Waals surface area contributed by atoms with E-state index < -0.39 is 0 Å². The molecular weight excluding hydrogens is 456 g/mol. The average molecular weight is 479 g/mol. The van der Waals surface area contributed by atoms with Crippen molar-refractivity contribution >= 4 is 66.7 Å². The third kappa shape index (κ3) is 2.58. The molecule has 5 nitrogen and oxygen atoms in total. The Bertz CT molecular complexity index is 2030. The van der Waals surface area contributed by atoms with Crippen molar-refractivity contribution in [3.8, 4) is 0 Å². The van der Waals surface area contributed by atoms with E-state index in [-0.39, 0.29) is 5.56 Å². The topological polar surface area (TPSA) is 40.9 Å². The summed E-state index contributed by atoms with van der Waals surface area (Å²) in [5.74, 6) is 0. The summed E-state index contributed by atoms with van der Waals surface area (Å²) in [5.41, 5.74) is 7.98. The van der Waals surface area contributed by atoms with Gasteiger partial charge in [-0.25, -0.2) is 4.98 Å². The van der Waals surface area contributed by atoms with E-state index in [4.69, 9.17) is 4.98 Å². The molecule has 37 heavy (non-hydrogen) atoms. The molecule has 5 aromatic carbocycles. The third-order valence-electron chi connectivity index (χ3n) is 7.64. The highest BCUT2D eigenvalue weighted by Gasteiger charge is 2.29. The molecule has 0 aliphatic carbocycles. The first kappa shape index (κ1) is 20.3. The number of rotatable bonds is 2. The van der Waals surface area contributed by atoms with Crippen LogP contribution in [0.4, 0.5) is 28.4 Å². The molecule has 7 aromatic rings. The predicted octanol–water partition coefficient (Wildman–Crippen LogP) is 7.53. The molecule has 0 N–H and O–H groups in total. The zero-order valence-corrected chi connectivity index (χ0v) is 20.2. The number of pyridine rings is 1. The minimum Gasteiger partial charge on any atom is -0.338 e. The normalized spacial score (nSPS) is 13.1. The molecular formula is C32H22N4O. The van der Waals surface area contributed by atoms with Crippen LogP contribution in [0.5, 0.6) is 0 Å². The minimum absolute atomic E-state index is 0.0319. The van der Waals surface area contributed by atoms with Crippen molar-refractivity contribution in [1.82, 2.24) is 9.38 Å². The molecule has 0 atom stereocenters. The fraction of sp³-hybridized carbons (Fsp3) is 0.0625. The van der Waals surface area contributed by atoms with Gasteiger partial charge in [0.2, 0.25) is 0 Å². The van der Waals surface area contributed by atoms with Crippen LogP contribution in [-0.4, -0.2) is 15.9 Å². The van der Waals surface area contributed by atoms with Crippen LogP contribution in [0.2, 0.25) is 0 Å². The molecule has 0 saturated heterocycles. The SMILES string of the molecule is CCN1c2ccccc2N(c2ccc3c4c2cccc4c(=O)n2c4ccccc4nc32)c2ccccc21. The molecule has 0 spiro atoms. The van der Waals surface area contributed by atoms with Crippen LogP contribution in [0.15, 0.2) is 108 Å². The Labute approximate surface area is 212 Å². The molecule has 0 fully saturated rings. The van der Waals surface area contributed by atoms with Gasteiger partial charge in [0.1, 0.15) is 5.65 Å². The number of fused-ring (bicyclic) bond motifs is 6. The summed E-state index contributed by atoms with van der Waals surface area (Å²) in [6, 6.07) is 35.3. The van der Waals surface area contributed by atoms with E-state index in [1.807, 2.05) is 36.4 Å². The molecule has 0 bridgehead atoms. The van der Waals surface area contributed by atoms with Crippen molar-refractivity contribution in [2.75, 3.05) is 16.3 Å². The van der Waals surface area contributed by atoms with Gasteiger partial charge in [0.05, 0.1) is 39.5 Å². The molecule has 0 unspecified atom stereocenters. The fourth-order valence-corrected chi connectivity index (χ4v) is 6.11. The van der Waals surface area contributed by atoms with Gasteiger partial charge >= 0.3 is 0 Å². The smallest absolute Gasteiger partial charge is 0.264 e. The van der Waals surface area contributed by atoms with Gasteiger partial charge in [-0.05, 0) is 61.5 Å². The molecule has 2 aromatic heterocycles. The lowest BCUT2D eigenvalue weighted by molar-refractivity contribution is 1.000. The Balaban J connectivity index is 1.50. The van der Waals surface area contributed by atoms with E-state index in [2.05, 4.69) is 83.5 Å². The fourth-order valence-electron chi connectivity index (χ4n) is 6.11. The second-order valence-electron chi connectivity index (χ2n) is 9.48. The van der Waals surface area contributed by atoms with E-state index >= 15 is 0 Å². The summed E-state index contributed by atoms with van der Waals surface area (Å²) in [7, 11) is 0. The lowest BCUT2D eigenvalue weighted by atomic mass is 9.98. The van der Waals surface area contributed by atoms with Crippen LogP contribution in [-0.2, 0) is 0 Å². The maximum Gasteiger partial charge on any atom is 0.264 e. The van der Waals surface area contributed by atoms with Gasteiger partial charge in [-0.3, -0.25) is 9.20 Å². The van der Waals surface area contributed by atoms with E-state index in [9.17, 15) is 4.79 Å². The lowest BCUT2D eigenvalue weighted by Gasteiger charge is -2.40. The minimum atomic E-state index is -0.0319. The van der Waals surface area contributed by atoms with Crippen LogP contribution in [0.25, 0.3) is 38.2 Å². The summed E-state index contributed by atoms with van der Waals surface area (Å²) in [5, 5.41) is 3.69. The zero-order valence-electron chi connectivity index (χ0n) is 20.2. The number of anilines is 5. The Kier molecular flexibility index (Phi) is 4.01. The first-order valence-electron chi connectivity index (χ1n) is 12.6. The number of imidazole rings is 1. The maximum atomic E-state index is 13.8. The summed E-state index contributed by atoms with van der Waals surface area (Å²) in [4.78, 5) is 23.4. The number of nitrogens with zero attached hydrogens (tertiary/aromatic N) is 4. The van der Waals surface area contributed by atoms with Gasteiger partial charge < -0.3 is 9.80 Å². The van der Waals surface area contributed by atoms with Crippen molar-refractivity contribution < 1.29 is 0 Å². The standard InChI is InChI=1S/C32H22N4O/c1-2-34-26-14-5-7-16-28(26)35(29-17-8-6-15-27(29)34)24-19-18-21-30-20(24)10-9-11-22(30)32(37)36-25-13-4-3-12-23(25)33-31(21)36/h3-19H,2H2,1H3. The molecule has 0 amide bonds. The summed E-state index contributed by atoms with van der Waals surface area (Å²) in [6.07, 6.45) is 0. The lowest BCUT2D eigenvalue weighted by Crippen LogP contribution is -2.27. The molecule has 0 radical (unpaired) electrons. The van der Waals surface area contributed by atoms with Gasteiger partial charge in [0.25, 0.3) is 5.56 Å². The van der Waals surface area contributed by atoms with E-state index in [1.165, 1.54) is 11.4 Å². The van der Waals surface area contributed by atoms with Crippen LogP contribution in [0.1, 0.15) is 6.92 Å². The van der Waals surface area contributed by atoms with Crippen LogP contribution >= 0.6 is 0 Å². The highest BCUT2D eigenvalue weighted by molar-refractivity contribution is 6.20. The van der Waals surface area contributed by atoms with Crippen molar-refractivity contribution in [2.45, 2.75) is 6.92 Å². The van der Waals surface area contributed by atoms with Crippen molar-refractivity contribution in [3.05, 3.63) is 113 Å². The molecule has 8 rings (SSSR count). The first-order valence-corrected chi connectivity index (χ1v) is 12.6. The zero-order chi connectivity index (χ0) is 24.7. The number of hydrogen-bond acceptors (Lipinski definition) is 4. The second-order valence-corrected chi connectivity index (χ2v) is 9.48. The molecule has 1 aliphatic heterocycles. The number of hydrogen-bond donors (Lipinski definition) is 0. The molecule has 5 heteroatoms. The van der Waals surface area contributed by atoms with E-state index in [0.29, 0.717) is 11.0 Å². The van der Waals surface area contributed by atoms with Gasteiger partial charge in [0, 0.05) is 28.1 Å². The average Bonchev–Trinajstić information content (AvgIpc) is 3.34. The Hall–Kier alpha value is -4.90. The van der Waals surface area contributed by atoms with Crippen molar-refractivity contribution in [2.24, 2.45) is 0 Å². The quantitative estimate of drug-likeness (QED) is 0.257. The van der Waals surface area contributed by atoms with Crippen LogP contribution in [0, 0.1) is 0 Å². The molecule has 0 saturated carbocycles. The Morgan fingerprint density at radius 2 is 1.27 bits per heavy atom. The third-order valence-corrected chi connectivity index (χ3v) is 7.64. The van der Waals surface area contributed by atoms with Gasteiger partial charge in [0.15, 0.2) is 0 Å². The summed E-state index contributed by atoms with van der Waals surface area (Å²) < 4.78 is 1.76. The first-order chi connectivity index (χ1) is 18.3. The molecule has 1 aliphatic rings. The van der Waals surface area contributed by atoms with E-state index in [1.54, 1.807) is 4.40 Å². The van der Waals surface area contributed by atoms with Crippen LogP contribution < -0.4 is 15.4 Å². The highest BCUT2D eigenvalue weighted by Crippen LogP contribution is 2.52. The summed E-state index contributed by atoms with van der Waals surface area (Å²) >= 11 is 0. The van der Waals surface area contributed by atoms with Crippen molar-refractivity contribution in [3.63, 3.8) is 0 Å². The number of para-hydroxylation sites is 6. The van der Waals surface area contributed by atoms with Gasteiger partial charge in [-0.1, -0.05) is 48.5 Å². The largest absolute Gasteiger partial charge is 0.338 e. The monoisotopic (exact) mass is 478 g/mol. The molecule has 3 heterocycles. The van der Waals surface area contributed by atoms with Crippen LogP contribution in [0.3, 0.4) is 0 Å².